The van der Waals surface area contributed by atoms with E-state index in [1.807, 2.05) is 0 Å². The van der Waals surface area contributed by atoms with Crippen LogP contribution in [-0.2, 0) is 5.41 Å². The highest BCUT2D eigenvalue weighted by atomic mass is 15.2. The molecule has 0 amide bonds. The standard InChI is InChI=1S/C67H47N3/c1-7-23-48(24-8-1)49-39-41-55(42-40-49)70-63-38-22-20-36-59(63)66-64(69(53-31-15-5-16-32-53)54-33-17-6-18-34-54)46-57(47-65(66)70)68(52-29-13-4-14-30-52)56-43-44-62-60(45-56)58-35-19-21-37-61(58)67(62,50-25-9-2-10-26-50)51-27-11-3-12-28-51/h1-47H. The zero-order valence-electron chi connectivity index (χ0n) is 38.5. The molecule has 0 unspecified atom stereocenters. The van der Waals surface area contributed by atoms with Crippen LogP contribution in [0.2, 0.25) is 0 Å². The van der Waals surface area contributed by atoms with Gasteiger partial charge < -0.3 is 14.4 Å². The molecular formula is C67H47N3. The maximum absolute atomic E-state index is 2.46. The summed E-state index contributed by atoms with van der Waals surface area (Å²) in [5, 5.41) is 2.35. The molecule has 1 aliphatic rings. The van der Waals surface area contributed by atoms with Gasteiger partial charge in [-0.3, -0.25) is 0 Å². The Morgan fingerprint density at radius 2 is 0.786 bits per heavy atom. The van der Waals surface area contributed by atoms with Gasteiger partial charge in [0, 0.05) is 39.2 Å². The van der Waals surface area contributed by atoms with Gasteiger partial charge in [-0.05, 0) is 123 Å². The van der Waals surface area contributed by atoms with Crippen LogP contribution in [-0.4, -0.2) is 4.57 Å². The molecule has 0 fully saturated rings. The lowest BCUT2D eigenvalue weighted by Crippen LogP contribution is -2.28. The molecule has 1 heterocycles. The van der Waals surface area contributed by atoms with E-state index in [1.54, 1.807) is 0 Å². The van der Waals surface area contributed by atoms with Crippen LogP contribution >= 0.6 is 0 Å². The zero-order chi connectivity index (χ0) is 46.4. The van der Waals surface area contributed by atoms with Crippen LogP contribution in [0.3, 0.4) is 0 Å². The van der Waals surface area contributed by atoms with Gasteiger partial charge in [0.15, 0.2) is 0 Å². The van der Waals surface area contributed by atoms with Crippen molar-refractivity contribution in [2.24, 2.45) is 0 Å². The van der Waals surface area contributed by atoms with Crippen LogP contribution in [0.4, 0.5) is 34.1 Å². The zero-order valence-corrected chi connectivity index (χ0v) is 38.5. The molecule has 13 rings (SSSR count). The molecule has 12 aromatic rings. The summed E-state index contributed by atoms with van der Waals surface area (Å²) in [4.78, 5) is 4.88. The van der Waals surface area contributed by atoms with E-state index in [2.05, 4.69) is 299 Å². The third kappa shape index (κ3) is 6.66. The Morgan fingerprint density at radius 3 is 1.40 bits per heavy atom. The molecule has 0 atom stereocenters. The van der Waals surface area contributed by atoms with Gasteiger partial charge in [-0.25, -0.2) is 0 Å². The highest BCUT2D eigenvalue weighted by Gasteiger charge is 2.46. The second kappa shape index (κ2) is 17.2. The van der Waals surface area contributed by atoms with Crippen molar-refractivity contribution in [3.63, 3.8) is 0 Å². The Bertz CT molecular complexity index is 3720. The summed E-state index contributed by atoms with van der Waals surface area (Å²) in [7, 11) is 0. The van der Waals surface area contributed by atoms with E-state index in [9.17, 15) is 0 Å². The quantitative estimate of drug-likeness (QED) is 0.136. The van der Waals surface area contributed by atoms with E-state index in [0.29, 0.717) is 0 Å². The monoisotopic (exact) mass is 893 g/mol. The highest BCUT2D eigenvalue weighted by molar-refractivity contribution is 6.18. The third-order valence-corrected chi connectivity index (χ3v) is 14.2. The van der Waals surface area contributed by atoms with E-state index < -0.39 is 5.41 Å². The molecule has 3 nitrogen and oxygen atoms in total. The first-order valence-corrected chi connectivity index (χ1v) is 24.1. The van der Waals surface area contributed by atoms with Crippen LogP contribution in [0.15, 0.2) is 285 Å². The molecule has 1 aromatic heterocycles. The van der Waals surface area contributed by atoms with Crippen LogP contribution < -0.4 is 9.80 Å². The fourth-order valence-electron chi connectivity index (χ4n) is 11.3. The van der Waals surface area contributed by atoms with Crippen molar-refractivity contribution in [1.82, 2.24) is 4.57 Å². The Kier molecular flexibility index (Phi) is 10.1. The van der Waals surface area contributed by atoms with Gasteiger partial charge in [0.1, 0.15) is 0 Å². The number of anilines is 6. The number of hydrogen-bond donors (Lipinski definition) is 0. The number of fused-ring (bicyclic) bond motifs is 6. The van der Waals surface area contributed by atoms with Gasteiger partial charge in [-0.2, -0.15) is 0 Å². The normalized spacial score (nSPS) is 12.4. The van der Waals surface area contributed by atoms with Gasteiger partial charge in [0.2, 0.25) is 0 Å². The molecule has 0 spiro atoms. The molecule has 0 N–H and O–H groups in total. The molecule has 0 saturated carbocycles. The van der Waals surface area contributed by atoms with Crippen molar-refractivity contribution < 1.29 is 0 Å². The van der Waals surface area contributed by atoms with Crippen molar-refractivity contribution in [2.45, 2.75) is 5.41 Å². The van der Waals surface area contributed by atoms with Crippen molar-refractivity contribution in [1.29, 1.82) is 0 Å². The summed E-state index contributed by atoms with van der Waals surface area (Å²) < 4.78 is 2.46. The van der Waals surface area contributed by atoms with Crippen LogP contribution in [0.25, 0.3) is 49.7 Å². The number of aromatic nitrogens is 1. The predicted molar refractivity (Wildman–Crippen MR) is 293 cm³/mol. The summed E-state index contributed by atoms with van der Waals surface area (Å²) >= 11 is 0. The number of rotatable bonds is 10. The molecule has 70 heavy (non-hydrogen) atoms. The highest BCUT2D eigenvalue weighted by Crippen LogP contribution is 2.57. The minimum atomic E-state index is -0.500. The fraction of sp³-hybridized carbons (Fsp3) is 0.0149. The first kappa shape index (κ1) is 41.0. The Morgan fingerprint density at radius 1 is 0.300 bits per heavy atom. The lowest BCUT2D eigenvalue weighted by Gasteiger charge is -2.34. The van der Waals surface area contributed by atoms with Crippen LogP contribution in [0.1, 0.15) is 22.3 Å². The van der Waals surface area contributed by atoms with Crippen molar-refractivity contribution in [3.05, 3.63) is 307 Å². The Labute approximate surface area is 409 Å². The van der Waals surface area contributed by atoms with Crippen LogP contribution in [0.5, 0.6) is 0 Å². The van der Waals surface area contributed by atoms with E-state index in [1.165, 1.54) is 55.3 Å². The molecule has 0 bridgehead atoms. The molecule has 3 heteroatoms. The average molecular weight is 894 g/mol. The summed E-state index contributed by atoms with van der Waals surface area (Å²) in [6.07, 6.45) is 0. The molecule has 0 radical (unpaired) electrons. The Balaban J connectivity index is 1.10. The van der Waals surface area contributed by atoms with Crippen molar-refractivity contribution in [3.8, 4) is 27.9 Å². The van der Waals surface area contributed by atoms with Crippen molar-refractivity contribution >= 4 is 55.9 Å². The second-order valence-corrected chi connectivity index (χ2v) is 18.1. The van der Waals surface area contributed by atoms with E-state index in [0.717, 1.165) is 50.8 Å². The van der Waals surface area contributed by atoms with Gasteiger partial charge >= 0.3 is 0 Å². The third-order valence-electron chi connectivity index (χ3n) is 14.2. The number of hydrogen-bond acceptors (Lipinski definition) is 2. The van der Waals surface area contributed by atoms with Gasteiger partial charge in [0.25, 0.3) is 0 Å². The predicted octanol–water partition coefficient (Wildman–Crippen LogP) is 17.8. The summed E-state index contributed by atoms with van der Waals surface area (Å²) in [6.45, 7) is 0. The summed E-state index contributed by atoms with van der Waals surface area (Å²) in [5.74, 6) is 0. The first-order valence-electron chi connectivity index (χ1n) is 24.1. The van der Waals surface area contributed by atoms with E-state index in [-0.39, 0.29) is 0 Å². The molecular weight excluding hydrogens is 847 g/mol. The number of nitrogens with zero attached hydrogens (tertiary/aromatic N) is 3. The average Bonchev–Trinajstić information content (AvgIpc) is 3.93. The molecule has 0 saturated heterocycles. The topological polar surface area (TPSA) is 11.4 Å². The lowest BCUT2D eigenvalue weighted by molar-refractivity contribution is 0.768. The Hall–Kier alpha value is -9.18. The maximum atomic E-state index is 2.46. The molecule has 330 valence electrons. The summed E-state index contributed by atoms with van der Waals surface area (Å²) in [6, 6.07) is 104. The maximum Gasteiger partial charge on any atom is 0.0713 e. The molecule has 1 aliphatic carbocycles. The minimum Gasteiger partial charge on any atom is -0.310 e. The fourth-order valence-corrected chi connectivity index (χ4v) is 11.3. The smallest absolute Gasteiger partial charge is 0.0713 e. The summed E-state index contributed by atoms with van der Waals surface area (Å²) in [5.41, 5.74) is 19.2. The lowest BCUT2D eigenvalue weighted by atomic mass is 9.68. The van der Waals surface area contributed by atoms with Gasteiger partial charge in [0.05, 0.1) is 27.8 Å². The largest absolute Gasteiger partial charge is 0.310 e. The second-order valence-electron chi connectivity index (χ2n) is 18.1. The minimum absolute atomic E-state index is 0.500. The first-order chi connectivity index (χ1) is 34.8. The van der Waals surface area contributed by atoms with Gasteiger partial charge in [-0.15, -0.1) is 0 Å². The van der Waals surface area contributed by atoms with Gasteiger partial charge in [-0.1, -0.05) is 206 Å². The number of benzene rings is 11. The number of para-hydroxylation sites is 4. The van der Waals surface area contributed by atoms with E-state index >= 15 is 0 Å². The SMILES string of the molecule is c1ccc(-c2ccc(-n3c4ccccc4c4c(N(c5ccccc5)c5ccccc5)cc(N(c5ccccc5)c5ccc6c(c5)-c5ccccc5C6(c5ccccc5)c5ccccc5)cc43)cc2)cc1. The van der Waals surface area contributed by atoms with Crippen molar-refractivity contribution in [2.75, 3.05) is 9.80 Å². The molecule has 0 aliphatic heterocycles. The molecule has 11 aromatic carbocycles. The van der Waals surface area contributed by atoms with E-state index in [4.69, 9.17) is 0 Å². The van der Waals surface area contributed by atoms with Crippen LogP contribution in [0, 0.1) is 0 Å².